The number of aliphatic imine (C=N–C) groups is 1. The summed E-state index contributed by atoms with van der Waals surface area (Å²) in [4.78, 5) is 29.4. The van der Waals surface area contributed by atoms with E-state index in [0.29, 0.717) is 6.47 Å². The van der Waals surface area contributed by atoms with E-state index >= 15 is 0 Å². The van der Waals surface area contributed by atoms with Crippen molar-refractivity contribution < 1.29 is 14.3 Å². The second-order valence-corrected chi connectivity index (χ2v) is 6.37. The highest BCUT2D eigenvalue weighted by molar-refractivity contribution is 9.10. The molecule has 1 N–H and O–H groups in total. The predicted molar refractivity (Wildman–Crippen MR) is 111 cm³/mol. The van der Waals surface area contributed by atoms with Gasteiger partial charge in [-0.2, -0.15) is 0 Å². The van der Waals surface area contributed by atoms with Gasteiger partial charge < -0.3 is 14.8 Å². The topological polar surface area (TPSA) is 80.7 Å². The highest BCUT2D eigenvalue weighted by Crippen LogP contribution is 2.24. The van der Waals surface area contributed by atoms with Crippen molar-refractivity contribution >= 4 is 40.1 Å². The van der Waals surface area contributed by atoms with Crippen LogP contribution in [0.5, 0.6) is 0 Å². The number of aromatic nitrogens is 1. The van der Waals surface area contributed by atoms with Gasteiger partial charge in [-0.15, -0.1) is 0 Å². The molecule has 0 spiro atoms. The van der Waals surface area contributed by atoms with Crippen LogP contribution in [-0.2, 0) is 14.3 Å². The number of methoxy groups -OCH3 is 1. The van der Waals surface area contributed by atoms with Crippen LogP contribution in [0.25, 0.3) is 0 Å². The summed E-state index contributed by atoms with van der Waals surface area (Å²) in [6.45, 7) is 2.42. The summed E-state index contributed by atoms with van der Waals surface area (Å²) in [7, 11) is 3.18. The second kappa shape index (κ2) is 12.8. The van der Waals surface area contributed by atoms with Gasteiger partial charge >= 0.3 is 0 Å². The van der Waals surface area contributed by atoms with Crippen molar-refractivity contribution in [3.8, 4) is 0 Å². The molecule has 1 atom stereocenters. The number of ether oxygens (including phenoxy) is 1. The average Bonchev–Trinajstić information content (AvgIpc) is 2.72. The van der Waals surface area contributed by atoms with Gasteiger partial charge in [0.1, 0.15) is 12.3 Å². The number of nitrogens with zero attached hydrogens (tertiary/aromatic N) is 2. The van der Waals surface area contributed by atoms with Crippen LogP contribution in [0.4, 0.5) is 5.69 Å². The summed E-state index contributed by atoms with van der Waals surface area (Å²) in [5, 5.41) is 3.18. The number of rotatable bonds is 8. The van der Waals surface area contributed by atoms with Crippen LogP contribution in [0.1, 0.15) is 31.0 Å². The Hall–Kier alpha value is -2.54. The van der Waals surface area contributed by atoms with Crippen LogP contribution in [0.15, 0.2) is 52.1 Å². The predicted octanol–water partition coefficient (Wildman–Crippen LogP) is 3.88. The van der Waals surface area contributed by atoms with E-state index in [-0.39, 0.29) is 6.04 Å². The van der Waals surface area contributed by atoms with Crippen molar-refractivity contribution in [2.45, 2.75) is 25.8 Å². The number of hydrogen-bond donors (Lipinski definition) is 1. The minimum atomic E-state index is -0.360. The van der Waals surface area contributed by atoms with Crippen molar-refractivity contribution in [1.29, 1.82) is 0 Å². The first-order valence-corrected chi connectivity index (χ1v) is 9.29. The number of anilines is 1. The first-order chi connectivity index (χ1) is 13.1. The number of halogens is 1. The van der Waals surface area contributed by atoms with Crippen LogP contribution >= 0.6 is 15.9 Å². The summed E-state index contributed by atoms with van der Waals surface area (Å²) in [6.07, 6.45) is 4.27. The number of benzene rings is 1. The molecule has 27 heavy (non-hydrogen) atoms. The van der Waals surface area contributed by atoms with Crippen molar-refractivity contribution in [2.24, 2.45) is 4.99 Å². The average molecular weight is 434 g/mol. The molecule has 1 heterocycles. The molecule has 0 fully saturated rings. The molecule has 0 aliphatic rings. The third-order valence-electron chi connectivity index (χ3n) is 3.55. The van der Waals surface area contributed by atoms with Gasteiger partial charge in [-0.3, -0.25) is 14.8 Å². The number of nitrogens with one attached hydrogen (secondary N) is 1. The summed E-state index contributed by atoms with van der Waals surface area (Å²) in [5.41, 5.74) is 3.34. The number of hydrogen-bond acceptors (Lipinski definition) is 6. The number of carbonyl (C=O) groups is 2. The lowest BCUT2D eigenvalue weighted by atomic mass is 10.0. The van der Waals surface area contributed by atoms with Gasteiger partial charge in [0, 0.05) is 29.0 Å². The van der Waals surface area contributed by atoms with E-state index in [4.69, 9.17) is 9.79 Å². The fraction of sp³-hybridized carbons (Fsp3) is 0.300. The molecule has 2 rings (SSSR count). The first kappa shape index (κ1) is 22.5. The highest BCUT2D eigenvalue weighted by Gasteiger charge is 2.15. The minimum Gasteiger partial charge on any atom is -0.471 e. The van der Waals surface area contributed by atoms with Gasteiger partial charge in [0.2, 0.25) is 0 Å². The Bertz CT molecular complexity index is 751. The van der Waals surface area contributed by atoms with Crippen LogP contribution in [-0.4, -0.2) is 43.7 Å². The maximum atomic E-state index is 11.4. The van der Waals surface area contributed by atoms with Crippen molar-refractivity contribution in [3.63, 3.8) is 0 Å². The van der Waals surface area contributed by atoms with E-state index in [2.05, 4.69) is 31.0 Å². The van der Waals surface area contributed by atoms with Gasteiger partial charge in [0.15, 0.2) is 0 Å². The van der Waals surface area contributed by atoms with Gasteiger partial charge in [-0.1, -0.05) is 35.3 Å². The van der Waals surface area contributed by atoms with E-state index in [1.807, 2.05) is 50.4 Å². The van der Waals surface area contributed by atoms with Gasteiger partial charge in [-0.05, 0) is 36.8 Å². The standard InChI is InChI=1S/C18H20BrN3O.C2H4O2/c1-3-6-14(12-23)22-18(17-7-4-5-10-21-17)15-11-13(19)8-9-16(15)20-2;1-4-2-3/h4-5,7-12,14,20H,3,6H2,1-2H3;2H,1H3/t14-;/m0./s1. The first-order valence-electron chi connectivity index (χ1n) is 8.49. The molecule has 0 aliphatic heterocycles. The Kier molecular flexibility index (Phi) is 10.6. The Morgan fingerprint density at radius 3 is 2.59 bits per heavy atom. The van der Waals surface area contributed by atoms with Gasteiger partial charge in [0.25, 0.3) is 6.47 Å². The summed E-state index contributed by atoms with van der Waals surface area (Å²) in [6, 6.07) is 11.3. The molecule has 6 nitrogen and oxygen atoms in total. The molecule has 7 heteroatoms. The Balaban J connectivity index is 0.000000828. The molecular weight excluding hydrogens is 410 g/mol. The van der Waals surface area contributed by atoms with E-state index in [1.165, 1.54) is 7.11 Å². The lowest BCUT2D eigenvalue weighted by Crippen LogP contribution is -2.15. The Morgan fingerprint density at radius 1 is 1.33 bits per heavy atom. The number of aldehydes is 1. The molecule has 0 radical (unpaired) electrons. The van der Waals surface area contributed by atoms with Gasteiger partial charge in [-0.25, -0.2) is 0 Å². The maximum absolute atomic E-state index is 11.4. The van der Waals surface area contributed by atoms with E-state index < -0.39 is 0 Å². The van der Waals surface area contributed by atoms with Crippen LogP contribution in [0.3, 0.4) is 0 Å². The molecule has 0 bridgehead atoms. The molecule has 0 unspecified atom stereocenters. The number of pyridine rings is 1. The van der Waals surface area contributed by atoms with E-state index in [0.717, 1.165) is 46.3 Å². The second-order valence-electron chi connectivity index (χ2n) is 5.46. The minimum absolute atomic E-state index is 0.360. The zero-order valence-corrected chi connectivity index (χ0v) is 17.3. The molecule has 144 valence electrons. The molecule has 2 aromatic rings. The summed E-state index contributed by atoms with van der Waals surface area (Å²) >= 11 is 3.51. The van der Waals surface area contributed by atoms with Crippen molar-refractivity contribution in [2.75, 3.05) is 19.5 Å². The molecular formula is C20H24BrN3O3. The van der Waals surface area contributed by atoms with Crippen LogP contribution < -0.4 is 5.32 Å². The van der Waals surface area contributed by atoms with Crippen LogP contribution in [0, 0.1) is 0 Å². The monoisotopic (exact) mass is 433 g/mol. The summed E-state index contributed by atoms with van der Waals surface area (Å²) in [5.74, 6) is 0. The quantitative estimate of drug-likeness (QED) is 0.504. The molecule has 0 aliphatic carbocycles. The maximum Gasteiger partial charge on any atom is 0.292 e. The lowest BCUT2D eigenvalue weighted by molar-refractivity contribution is -0.126. The molecule has 1 aromatic carbocycles. The van der Waals surface area contributed by atoms with Crippen LogP contribution in [0.2, 0.25) is 0 Å². The molecule has 1 aromatic heterocycles. The molecule has 0 saturated heterocycles. The smallest absolute Gasteiger partial charge is 0.292 e. The number of carbonyl (C=O) groups excluding carboxylic acids is 2. The third-order valence-corrected chi connectivity index (χ3v) is 4.04. The SMILES string of the molecule is CCC[C@@H](C=O)N=C(c1ccccn1)c1cc(Br)ccc1NC.COC=O. The van der Waals surface area contributed by atoms with Crippen molar-refractivity contribution in [3.05, 3.63) is 58.3 Å². The zero-order chi connectivity index (χ0) is 20.1. The Labute approximate surface area is 168 Å². The van der Waals surface area contributed by atoms with Crippen molar-refractivity contribution in [1.82, 2.24) is 4.98 Å². The Morgan fingerprint density at radius 2 is 2.07 bits per heavy atom. The highest BCUT2D eigenvalue weighted by atomic mass is 79.9. The summed E-state index contributed by atoms with van der Waals surface area (Å²) < 4.78 is 4.81. The van der Waals surface area contributed by atoms with E-state index in [9.17, 15) is 4.79 Å². The largest absolute Gasteiger partial charge is 0.471 e. The normalized spacial score (nSPS) is 11.6. The molecule has 0 saturated carbocycles. The lowest BCUT2D eigenvalue weighted by Gasteiger charge is -2.14. The fourth-order valence-electron chi connectivity index (χ4n) is 2.33. The van der Waals surface area contributed by atoms with Gasteiger partial charge in [0.05, 0.1) is 18.5 Å². The fourth-order valence-corrected chi connectivity index (χ4v) is 2.69. The zero-order valence-electron chi connectivity index (χ0n) is 15.7. The third kappa shape index (κ3) is 7.30. The van der Waals surface area contributed by atoms with E-state index in [1.54, 1.807) is 6.20 Å². The molecule has 0 amide bonds.